The van der Waals surface area contributed by atoms with E-state index >= 15 is 0 Å². The van der Waals surface area contributed by atoms with Crippen molar-refractivity contribution in [3.63, 3.8) is 0 Å². The first-order chi connectivity index (χ1) is 22.1. The van der Waals surface area contributed by atoms with E-state index in [2.05, 4.69) is 50.2 Å². The number of unbranched alkanes of at least 4 members (excludes halogenated alkanes) is 2. The molecule has 3 heteroatoms. The molecule has 0 atom stereocenters. The Bertz CT molecular complexity index is 2170. The van der Waals surface area contributed by atoms with E-state index in [-0.39, 0.29) is 11.8 Å². The van der Waals surface area contributed by atoms with Gasteiger partial charge in [-0.05, 0) is 110 Å². The minimum Gasteiger partial charge on any atom is -0.423 e. The average molecular weight is 589 g/mol. The van der Waals surface area contributed by atoms with E-state index in [1.54, 1.807) is 0 Å². The molecule has 0 radical (unpaired) electrons. The van der Waals surface area contributed by atoms with Crippen LogP contribution in [-0.4, -0.2) is 11.8 Å². The molecule has 7 aromatic rings. The number of hydrogen-bond donors (Lipinski definition) is 0. The van der Waals surface area contributed by atoms with Crippen LogP contribution in [0, 0.1) is 0 Å². The van der Waals surface area contributed by atoms with Gasteiger partial charge in [0.15, 0.2) is 5.78 Å². The van der Waals surface area contributed by atoms with Gasteiger partial charge in [-0.1, -0.05) is 106 Å². The number of carbonyl (C=O) groups excluding carboxylic acids is 2. The first-order valence-electron chi connectivity index (χ1n) is 16.1. The van der Waals surface area contributed by atoms with Crippen LogP contribution in [0.5, 0.6) is 5.75 Å². The summed E-state index contributed by atoms with van der Waals surface area (Å²) in [6.07, 6.45) is 6.62. The maximum atomic E-state index is 13.9. The van der Waals surface area contributed by atoms with Crippen molar-refractivity contribution in [2.75, 3.05) is 0 Å². The Morgan fingerprint density at radius 3 is 1.84 bits per heavy atom. The van der Waals surface area contributed by atoms with E-state index in [1.807, 2.05) is 72.8 Å². The van der Waals surface area contributed by atoms with Gasteiger partial charge in [-0.25, -0.2) is 4.79 Å². The lowest BCUT2D eigenvalue weighted by Gasteiger charge is -2.17. The van der Waals surface area contributed by atoms with Crippen molar-refractivity contribution in [3.8, 4) is 5.75 Å². The average Bonchev–Trinajstić information content (AvgIpc) is 3.08. The first-order valence-corrected chi connectivity index (χ1v) is 16.1. The number of benzene rings is 7. The zero-order valence-corrected chi connectivity index (χ0v) is 25.9. The molecule has 0 unspecified atom stereocenters. The number of hydrogen-bond acceptors (Lipinski definition) is 3. The summed E-state index contributed by atoms with van der Waals surface area (Å²) in [7, 11) is 0. The van der Waals surface area contributed by atoms with Crippen LogP contribution in [0.15, 0.2) is 109 Å². The molecule has 0 aliphatic heterocycles. The number of aryl methyl sites for hydroxylation is 2. The fourth-order valence-corrected chi connectivity index (χ4v) is 6.67. The van der Waals surface area contributed by atoms with Gasteiger partial charge in [0.25, 0.3) is 0 Å². The molecule has 0 N–H and O–H groups in total. The Morgan fingerprint density at radius 1 is 0.556 bits per heavy atom. The van der Waals surface area contributed by atoms with Crippen molar-refractivity contribution in [1.82, 2.24) is 0 Å². The highest BCUT2D eigenvalue weighted by Crippen LogP contribution is 2.42. The lowest BCUT2D eigenvalue weighted by Crippen LogP contribution is -2.08. The fourth-order valence-electron chi connectivity index (χ4n) is 6.67. The van der Waals surface area contributed by atoms with Crippen molar-refractivity contribution < 1.29 is 14.3 Å². The second-order valence-electron chi connectivity index (χ2n) is 12.1. The molecule has 0 fully saturated rings. The second kappa shape index (κ2) is 12.2. The minimum absolute atomic E-state index is 0.0165. The third kappa shape index (κ3) is 5.33. The quantitative estimate of drug-likeness (QED) is 0.0525. The minimum atomic E-state index is -0.385. The predicted molar refractivity (Wildman–Crippen MR) is 186 cm³/mol. The van der Waals surface area contributed by atoms with Crippen molar-refractivity contribution in [2.24, 2.45) is 0 Å². The van der Waals surface area contributed by atoms with Crippen LogP contribution < -0.4 is 4.74 Å². The maximum absolute atomic E-state index is 13.9. The first kappa shape index (κ1) is 28.7. The summed E-state index contributed by atoms with van der Waals surface area (Å²) < 4.78 is 5.85. The van der Waals surface area contributed by atoms with Crippen molar-refractivity contribution >= 4 is 54.8 Å². The summed E-state index contributed by atoms with van der Waals surface area (Å²) in [5.41, 5.74) is 4.38. The third-order valence-corrected chi connectivity index (χ3v) is 9.07. The van der Waals surface area contributed by atoms with Crippen molar-refractivity contribution in [2.45, 2.75) is 52.4 Å². The monoisotopic (exact) mass is 588 g/mol. The van der Waals surface area contributed by atoms with Crippen LogP contribution in [0.3, 0.4) is 0 Å². The van der Waals surface area contributed by atoms with Gasteiger partial charge in [0.1, 0.15) is 5.75 Å². The molecule has 3 nitrogen and oxygen atoms in total. The normalized spacial score (nSPS) is 11.6. The molecule has 0 bridgehead atoms. The van der Waals surface area contributed by atoms with Gasteiger partial charge >= 0.3 is 5.97 Å². The smallest absolute Gasteiger partial charge is 0.343 e. The van der Waals surface area contributed by atoms with Gasteiger partial charge in [-0.2, -0.15) is 0 Å². The predicted octanol–water partition coefficient (Wildman–Crippen LogP) is 10.9. The van der Waals surface area contributed by atoms with Crippen LogP contribution in [-0.2, 0) is 12.8 Å². The summed E-state index contributed by atoms with van der Waals surface area (Å²) in [4.78, 5) is 27.4. The Morgan fingerprint density at radius 2 is 1.16 bits per heavy atom. The van der Waals surface area contributed by atoms with Gasteiger partial charge in [-0.15, -0.1) is 0 Å². The number of ketones is 1. The number of esters is 1. The Hall–Kier alpha value is -5.02. The van der Waals surface area contributed by atoms with E-state index in [4.69, 9.17) is 4.74 Å². The van der Waals surface area contributed by atoms with Gasteiger partial charge in [-0.3, -0.25) is 4.79 Å². The standard InChI is InChI=1S/C42H36O3/c1-3-5-9-27-15-19-29(20-16-27)41(43)37-24-23-36-33-12-7-11-30-25-31(26-38(39(30)33)35-14-8-13-34(37)40(35)36)42(44)45-32-21-17-28(18-22-32)10-6-4-2/h7-8,11-26H,3-6,9-10H2,1-2H3. The molecule has 0 saturated carbocycles. The number of carbonyl (C=O) groups is 2. The highest BCUT2D eigenvalue weighted by Gasteiger charge is 2.20. The number of fused-ring (bicyclic) bond motifs is 2. The summed E-state index contributed by atoms with van der Waals surface area (Å²) in [6, 6.07) is 36.2. The van der Waals surface area contributed by atoms with Gasteiger partial charge in [0.05, 0.1) is 5.56 Å². The molecule has 0 aliphatic rings. The van der Waals surface area contributed by atoms with E-state index in [1.165, 1.54) is 11.1 Å². The summed E-state index contributed by atoms with van der Waals surface area (Å²) in [6.45, 7) is 4.37. The molecule has 0 amide bonds. The largest absolute Gasteiger partial charge is 0.423 e. The molecule has 7 aromatic carbocycles. The highest BCUT2D eigenvalue weighted by atomic mass is 16.5. The lowest BCUT2D eigenvalue weighted by atomic mass is 9.86. The van der Waals surface area contributed by atoms with Crippen molar-refractivity contribution in [1.29, 1.82) is 0 Å². The molecule has 0 spiro atoms. The molecule has 222 valence electrons. The fraction of sp³-hybridized carbons (Fsp3) is 0.190. The van der Waals surface area contributed by atoms with Crippen molar-refractivity contribution in [3.05, 3.63) is 137 Å². The van der Waals surface area contributed by atoms with Crippen LogP contribution >= 0.6 is 0 Å². The summed E-state index contributed by atoms with van der Waals surface area (Å²) >= 11 is 0. The molecule has 0 aromatic heterocycles. The zero-order valence-electron chi connectivity index (χ0n) is 25.9. The number of rotatable bonds is 10. The zero-order chi connectivity index (χ0) is 30.9. The van der Waals surface area contributed by atoms with Gasteiger partial charge < -0.3 is 4.74 Å². The van der Waals surface area contributed by atoms with Crippen LogP contribution in [0.4, 0.5) is 0 Å². The van der Waals surface area contributed by atoms with E-state index in [0.717, 1.165) is 81.6 Å². The summed E-state index contributed by atoms with van der Waals surface area (Å²) in [5, 5.41) is 8.25. The Balaban J connectivity index is 1.31. The van der Waals surface area contributed by atoms with Crippen LogP contribution in [0.25, 0.3) is 43.1 Å². The van der Waals surface area contributed by atoms with E-state index in [0.29, 0.717) is 22.4 Å². The third-order valence-electron chi connectivity index (χ3n) is 9.07. The molecule has 0 heterocycles. The van der Waals surface area contributed by atoms with Crippen LogP contribution in [0.1, 0.15) is 76.9 Å². The maximum Gasteiger partial charge on any atom is 0.343 e. The molecule has 0 saturated heterocycles. The molecule has 7 rings (SSSR count). The van der Waals surface area contributed by atoms with E-state index < -0.39 is 0 Å². The topological polar surface area (TPSA) is 43.4 Å². The SMILES string of the molecule is CCCCc1ccc(OC(=O)c2cc3cccc4c5ccc(C(=O)c6ccc(CCCC)cc6)c6cccc(c(c2)c34)c65)cc1. The van der Waals surface area contributed by atoms with Gasteiger partial charge in [0.2, 0.25) is 0 Å². The Kier molecular flexibility index (Phi) is 7.77. The molecular formula is C42H36O3. The lowest BCUT2D eigenvalue weighted by molar-refractivity contribution is 0.0734. The molecule has 0 aliphatic carbocycles. The van der Waals surface area contributed by atoms with Gasteiger partial charge in [0, 0.05) is 11.1 Å². The van der Waals surface area contributed by atoms with E-state index in [9.17, 15) is 9.59 Å². The molecular weight excluding hydrogens is 552 g/mol. The van der Waals surface area contributed by atoms with Crippen LogP contribution in [0.2, 0.25) is 0 Å². The number of ether oxygens (including phenoxy) is 1. The summed E-state index contributed by atoms with van der Waals surface area (Å²) in [5.74, 6) is 0.170. The Labute approximate surface area is 263 Å². The highest BCUT2D eigenvalue weighted by molar-refractivity contribution is 6.35. The molecule has 45 heavy (non-hydrogen) atoms. The second-order valence-corrected chi connectivity index (χ2v) is 12.1.